The summed E-state index contributed by atoms with van der Waals surface area (Å²) in [6, 6.07) is 1.81. The smallest absolute Gasteiger partial charge is 0.284 e. The molecule has 0 aromatic carbocycles. The largest absolute Gasteiger partial charge is 0.469 e. The van der Waals surface area contributed by atoms with Crippen LogP contribution in [-0.4, -0.2) is 10.2 Å². The molecule has 13 heavy (non-hydrogen) atoms. The fourth-order valence-corrected chi connectivity index (χ4v) is 1.27. The van der Waals surface area contributed by atoms with Crippen molar-refractivity contribution in [3.8, 4) is 11.5 Å². The topological polar surface area (TPSA) is 55.0 Å². The maximum Gasteiger partial charge on any atom is 0.284 e. The van der Waals surface area contributed by atoms with Gasteiger partial charge in [-0.2, -0.15) is 0 Å². The van der Waals surface area contributed by atoms with Crippen molar-refractivity contribution >= 4 is 12.2 Å². The average Bonchev–Trinajstić information content (AvgIpc) is 2.71. The van der Waals surface area contributed by atoms with Crippen LogP contribution in [-0.2, 0) is 6.42 Å². The number of H-pyrrole nitrogens is 1. The normalized spacial score (nSPS) is 10.5. The predicted molar refractivity (Wildman–Crippen MR) is 48.8 cm³/mol. The molecule has 0 saturated carbocycles. The second kappa shape index (κ2) is 3.18. The van der Waals surface area contributed by atoms with Crippen LogP contribution in [0, 0.1) is 4.84 Å². The van der Waals surface area contributed by atoms with Crippen LogP contribution in [0.2, 0.25) is 0 Å². The maximum atomic E-state index is 5.23. The lowest BCUT2D eigenvalue weighted by molar-refractivity contribution is 0.511. The zero-order chi connectivity index (χ0) is 9.26. The first-order valence-electron chi connectivity index (χ1n) is 3.93. The number of furan rings is 1. The van der Waals surface area contributed by atoms with E-state index >= 15 is 0 Å². The Morgan fingerprint density at radius 1 is 1.62 bits per heavy atom. The Labute approximate surface area is 79.6 Å². The van der Waals surface area contributed by atoms with Crippen LogP contribution in [0.1, 0.15) is 12.7 Å². The lowest BCUT2D eigenvalue weighted by Gasteiger charge is -1.91. The quantitative estimate of drug-likeness (QED) is 0.750. The lowest BCUT2D eigenvalue weighted by atomic mass is 10.2. The van der Waals surface area contributed by atoms with Crippen LogP contribution < -0.4 is 0 Å². The van der Waals surface area contributed by atoms with Gasteiger partial charge in [-0.05, 0) is 18.3 Å². The molecule has 0 radical (unpaired) electrons. The van der Waals surface area contributed by atoms with Gasteiger partial charge in [-0.25, -0.2) is 5.10 Å². The van der Waals surface area contributed by atoms with E-state index < -0.39 is 0 Å². The van der Waals surface area contributed by atoms with E-state index in [4.69, 9.17) is 21.1 Å². The summed E-state index contributed by atoms with van der Waals surface area (Å²) in [5.41, 5.74) is 0.856. The van der Waals surface area contributed by atoms with E-state index in [1.54, 1.807) is 6.26 Å². The van der Waals surface area contributed by atoms with Crippen LogP contribution in [0.3, 0.4) is 0 Å². The van der Waals surface area contributed by atoms with Crippen LogP contribution >= 0.6 is 12.2 Å². The molecule has 0 spiro atoms. The molecule has 0 aliphatic heterocycles. The molecule has 2 aromatic rings. The van der Waals surface area contributed by atoms with Crippen LogP contribution in [0.25, 0.3) is 11.5 Å². The highest BCUT2D eigenvalue weighted by Crippen LogP contribution is 2.22. The SMILES string of the molecule is CCc1occc1-c1n[nH]c(=S)o1. The number of aromatic nitrogens is 2. The second-order valence-electron chi connectivity index (χ2n) is 2.53. The number of hydrogen-bond acceptors (Lipinski definition) is 4. The van der Waals surface area contributed by atoms with E-state index in [-0.39, 0.29) is 4.84 Å². The summed E-state index contributed by atoms with van der Waals surface area (Å²) >= 11 is 4.77. The standard InChI is InChI=1S/C8H8N2O2S/c1-2-6-5(3-4-11-6)7-9-10-8(13)12-7/h3-4H,2H2,1H3,(H,10,13). The van der Waals surface area contributed by atoms with Gasteiger partial charge in [0.15, 0.2) is 0 Å². The van der Waals surface area contributed by atoms with Gasteiger partial charge in [0.25, 0.3) is 4.84 Å². The number of nitrogens with one attached hydrogen (secondary N) is 1. The van der Waals surface area contributed by atoms with Crippen molar-refractivity contribution in [2.75, 3.05) is 0 Å². The van der Waals surface area contributed by atoms with Gasteiger partial charge < -0.3 is 8.83 Å². The van der Waals surface area contributed by atoms with Crippen molar-refractivity contribution in [1.29, 1.82) is 0 Å². The summed E-state index contributed by atoms with van der Waals surface area (Å²) in [4.78, 5) is 0.276. The van der Waals surface area contributed by atoms with Gasteiger partial charge in [-0.15, -0.1) is 5.10 Å². The molecule has 0 aliphatic rings. The van der Waals surface area contributed by atoms with E-state index in [1.165, 1.54) is 0 Å². The fourth-order valence-electron chi connectivity index (χ4n) is 1.15. The van der Waals surface area contributed by atoms with Crippen LogP contribution in [0.5, 0.6) is 0 Å². The minimum atomic E-state index is 0.276. The first-order valence-corrected chi connectivity index (χ1v) is 4.34. The molecule has 0 saturated heterocycles. The predicted octanol–water partition coefficient (Wildman–Crippen LogP) is 2.55. The highest BCUT2D eigenvalue weighted by molar-refractivity contribution is 7.71. The van der Waals surface area contributed by atoms with Gasteiger partial charge in [-0.3, -0.25) is 0 Å². The van der Waals surface area contributed by atoms with E-state index in [1.807, 2.05) is 13.0 Å². The van der Waals surface area contributed by atoms with Gasteiger partial charge in [0.05, 0.1) is 11.8 Å². The van der Waals surface area contributed by atoms with Gasteiger partial charge >= 0.3 is 0 Å². The molecule has 0 amide bonds. The highest BCUT2D eigenvalue weighted by atomic mass is 32.1. The molecule has 0 unspecified atom stereocenters. The maximum absolute atomic E-state index is 5.23. The molecule has 0 aliphatic carbocycles. The van der Waals surface area contributed by atoms with Crippen molar-refractivity contribution in [3.63, 3.8) is 0 Å². The molecule has 5 heteroatoms. The minimum Gasteiger partial charge on any atom is -0.469 e. The van der Waals surface area contributed by atoms with E-state index in [9.17, 15) is 0 Å². The summed E-state index contributed by atoms with van der Waals surface area (Å²) in [5.74, 6) is 1.33. The molecular formula is C8H8N2O2S. The fraction of sp³-hybridized carbons (Fsp3) is 0.250. The van der Waals surface area contributed by atoms with Crippen LogP contribution in [0.15, 0.2) is 21.2 Å². The van der Waals surface area contributed by atoms with Gasteiger partial charge in [0.2, 0.25) is 5.89 Å². The molecule has 0 fully saturated rings. The molecule has 1 N–H and O–H groups in total. The van der Waals surface area contributed by atoms with Crippen molar-refractivity contribution in [3.05, 3.63) is 22.9 Å². The second-order valence-corrected chi connectivity index (χ2v) is 2.90. The first kappa shape index (κ1) is 8.25. The van der Waals surface area contributed by atoms with E-state index in [0.29, 0.717) is 5.89 Å². The van der Waals surface area contributed by atoms with Crippen molar-refractivity contribution in [1.82, 2.24) is 10.2 Å². The molecule has 68 valence electrons. The number of nitrogens with zero attached hydrogens (tertiary/aromatic N) is 1. The Morgan fingerprint density at radius 3 is 3.08 bits per heavy atom. The summed E-state index contributed by atoms with van der Waals surface area (Å²) < 4.78 is 10.4. The molecule has 0 atom stereocenters. The number of aryl methyl sites for hydroxylation is 1. The van der Waals surface area contributed by atoms with Gasteiger partial charge in [0.1, 0.15) is 5.76 Å². The highest BCUT2D eigenvalue weighted by Gasteiger charge is 2.11. The Morgan fingerprint density at radius 2 is 2.46 bits per heavy atom. The van der Waals surface area contributed by atoms with Crippen LogP contribution in [0.4, 0.5) is 0 Å². The molecule has 2 heterocycles. The Balaban J connectivity index is 2.51. The Hall–Kier alpha value is -1.36. The van der Waals surface area contributed by atoms with Crippen molar-refractivity contribution in [2.24, 2.45) is 0 Å². The van der Waals surface area contributed by atoms with E-state index in [2.05, 4.69) is 10.2 Å². The third kappa shape index (κ3) is 1.42. The third-order valence-electron chi connectivity index (χ3n) is 1.74. The summed E-state index contributed by atoms with van der Waals surface area (Å²) in [7, 11) is 0. The number of aromatic amines is 1. The average molecular weight is 196 g/mol. The Bertz CT molecular complexity index is 454. The molecular weight excluding hydrogens is 188 g/mol. The van der Waals surface area contributed by atoms with Gasteiger partial charge in [-0.1, -0.05) is 6.92 Å². The summed E-state index contributed by atoms with van der Waals surface area (Å²) in [6.07, 6.45) is 2.42. The Kier molecular flexibility index (Phi) is 2.02. The third-order valence-corrected chi connectivity index (χ3v) is 1.91. The van der Waals surface area contributed by atoms with E-state index in [0.717, 1.165) is 17.7 Å². The molecule has 4 nitrogen and oxygen atoms in total. The minimum absolute atomic E-state index is 0.276. The zero-order valence-corrected chi connectivity index (χ0v) is 7.85. The number of rotatable bonds is 2. The number of hydrogen-bond donors (Lipinski definition) is 1. The lowest BCUT2D eigenvalue weighted by Crippen LogP contribution is -1.81. The molecule has 0 bridgehead atoms. The van der Waals surface area contributed by atoms with Crippen molar-refractivity contribution < 1.29 is 8.83 Å². The monoisotopic (exact) mass is 196 g/mol. The first-order chi connectivity index (χ1) is 6.31. The molecule has 2 rings (SSSR count). The van der Waals surface area contributed by atoms with Gasteiger partial charge in [0, 0.05) is 6.42 Å². The van der Waals surface area contributed by atoms with Crippen molar-refractivity contribution in [2.45, 2.75) is 13.3 Å². The molecule has 2 aromatic heterocycles. The summed E-state index contributed by atoms with van der Waals surface area (Å²) in [6.45, 7) is 2.00. The zero-order valence-electron chi connectivity index (χ0n) is 7.03. The summed E-state index contributed by atoms with van der Waals surface area (Å²) in [5, 5.41) is 6.48.